The highest BCUT2D eigenvalue weighted by Crippen LogP contribution is 2.15. The van der Waals surface area contributed by atoms with Gasteiger partial charge in [0.15, 0.2) is 0 Å². The number of hydrazone groups is 1. The molecule has 0 saturated heterocycles. The zero-order valence-corrected chi connectivity index (χ0v) is 11.9. The van der Waals surface area contributed by atoms with Gasteiger partial charge in [0.05, 0.1) is 11.9 Å². The van der Waals surface area contributed by atoms with Gasteiger partial charge in [0, 0.05) is 10.0 Å². The molecular formula is C14H12Cl2N4. The van der Waals surface area contributed by atoms with Crippen molar-refractivity contribution in [3.8, 4) is 0 Å². The fourth-order valence-electron chi connectivity index (χ4n) is 1.40. The third-order valence-electron chi connectivity index (χ3n) is 2.34. The summed E-state index contributed by atoms with van der Waals surface area (Å²) < 4.78 is 0. The maximum atomic E-state index is 5.79. The van der Waals surface area contributed by atoms with Gasteiger partial charge < -0.3 is 5.73 Å². The number of benzene rings is 2. The van der Waals surface area contributed by atoms with Crippen LogP contribution in [0.5, 0.6) is 0 Å². The minimum Gasteiger partial charge on any atom is -0.368 e. The number of nitrogens with one attached hydrogen (secondary N) is 1. The van der Waals surface area contributed by atoms with Gasteiger partial charge in [-0.15, -0.1) is 0 Å². The molecule has 0 saturated carbocycles. The van der Waals surface area contributed by atoms with E-state index in [4.69, 9.17) is 28.9 Å². The Morgan fingerprint density at radius 1 is 0.950 bits per heavy atom. The van der Waals surface area contributed by atoms with E-state index in [2.05, 4.69) is 15.5 Å². The minimum absolute atomic E-state index is 0.192. The van der Waals surface area contributed by atoms with Crippen LogP contribution in [0.4, 0.5) is 5.69 Å². The number of aliphatic imine (C=N–C) groups is 1. The molecule has 0 aliphatic rings. The van der Waals surface area contributed by atoms with Gasteiger partial charge in [-0.05, 0) is 42.0 Å². The van der Waals surface area contributed by atoms with Crippen LogP contribution >= 0.6 is 23.2 Å². The fraction of sp³-hybridized carbons (Fsp3) is 0. The molecule has 0 radical (unpaired) electrons. The number of rotatable bonds is 3. The van der Waals surface area contributed by atoms with Crippen LogP contribution in [0.2, 0.25) is 10.0 Å². The molecule has 2 rings (SSSR count). The zero-order valence-electron chi connectivity index (χ0n) is 10.4. The second-order valence-electron chi connectivity index (χ2n) is 3.90. The average Bonchev–Trinajstić information content (AvgIpc) is 2.44. The van der Waals surface area contributed by atoms with Crippen molar-refractivity contribution in [2.75, 3.05) is 0 Å². The Kier molecular flexibility index (Phi) is 4.98. The summed E-state index contributed by atoms with van der Waals surface area (Å²) in [6.07, 6.45) is 1.63. The molecule has 0 unspecified atom stereocenters. The predicted octanol–water partition coefficient (Wildman–Crippen LogP) is 3.56. The van der Waals surface area contributed by atoms with Gasteiger partial charge in [-0.1, -0.05) is 35.3 Å². The van der Waals surface area contributed by atoms with Gasteiger partial charge in [-0.3, -0.25) is 0 Å². The van der Waals surface area contributed by atoms with E-state index in [1.54, 1.807) is 42.6 Å². The summed E-state index contributed by atoms with van der Waals surface area (Å²) in [5.74, 6) is 0.192. The van der Waals surface area contributed by atoms with Gasteiger partial charge in [0.25, 0.3) is 0 Å². The van der Waals surface area contributed by atoms with Gasteiger partial charge in [-0.2, -0.15) is 5.10 Å². The Bertz CT molecular complexity index is 619. The fourth-order valence-corrected chi connectivity index (χ4v) is 1.65. The Morgan fingerprint density at radius 3 is 2.10 bits per heavy atom. The molecule has 0 atom stereocenters. The van der Waals surface area contributed by atoms with Crippen LogP contribution in [-0.4, -0.2) is 12.2 Å². The van der Waals surface area contributed by atoms with Crippen LogP contribution in [0.25, 0.3) is 0 Å². The van der Waals surface area contributed by atoms with E-state index in [-0.39, 0.29) is 5.96 Å². The van der Waals surface area contributed by atoms with E-state index in [1.807, 2.05) is 12.1 Å². The molecular weight excluding hydrogens is 295 g/mol. The van der Waals surface area contributed by atoms with Crippen molar-refractivity contribution >= 4 is 41.1 Å². The van der Waals surface area contributed by atoms with Crippen molar-refractivity contribution in [3.63, 3.8) is 0 Å². The Balaban J connectivity index is 1.96. The number of nitrogens with zero attached hydrogens (tertiary/aromatic N) is 2. The monoisotopic (exact) mass is 306 g/mol. The molecule has 0 aliphatic carbocycles. The van der Waals surface area contributed by atoms with E-state index < -0.39 is 0 Å². The molecule has 4 nitrogen and oxygen atoms in total. The summed E-state index contributed by atoms with van der Waals surface area (Å²) in [5.41, 5.74) is 9.94. The highest BCUT2D eigenvalue weighted by molar-refractivity contribution is 6.30. The van der Waals surface area contributed by atoms with E-state index in [1.165, 1.54) is 0 Å². The maximum Gasteiger partial charge on any atom is 0.214 e. The predicted molar refractivity (Wildman–Crippen MR) is 84.9 cm³/mol. The van der Waals surface area contributed by atoms with Gasteiger partial charge >= 0.3 is 0 Å². The molecule has 0 amide bonds. The lowest BCUT2D eigenvalue weighted by molar-refractivity contribution is 1.01. The molecule has 20 heavy (non-hydrogen) atoms. The Labute approximate surface area is 126 Å². The summed E-state index contributed by atoms with van der Waals surface area (Å²) in [4.78, 5) is 4.14. The van der Waals surface area contributed by atoms with Crippen molar-refractivity contribution in [3.05, 3.63) is 64.1 Å². The highest BCUT2D eigenvalue weighted by Gasteiger charge is 1.93. The third kappa shape index (κ3) is 4.57. The van der Waals surface area contributed by atoms with E-state index >= 15 is 0 Å². The Hall–Kier alpha value is -2.04. The lowest BCUT2D eigenvalue weighted by Gasteiger charge is -1.99. The standard InChI is InChI=1S/C14H12Cl2N4/c15-11-3-1-10(2-4-11)9-18-20-14(17)19-13-7-5-12(16)6-8-13/h1-9H,(H3,17,19,20)/b18-9+. The summed E-state index contributed by atoms with van der Waals surface area (Å²) in [5, 5.41) is 5.31. The van der Waals surface area contributed by atoms with Crippen molar-refractivity contribution in [2.24, 2.45) is 15.8 Å². The second kappa shape index (κ2) is 6.93. The van der Waals surface area contributed by atoms with Crippen LogP contribution in [0.15, 0.2) is 58.6 Å². The minimum atomic E-state index is 0.192. The van der Waals surface area contributed by atoms with E-state index in [9.17, 15) is 0 Å². The highest BCUT2D eigenvalue weighted by atomic mass is 35.5. The van der Waals surface area contributed by atoms with Crippen LogP contribution in [0, 0.1) is 0 Å². The molecule has 0 bridgehead atoms. The van der Waals surface area contributed by atoms with E-state index in [0.29, 0.717) is 15.7 Å². The molecule has 102 valence electrons. The van der Waals surface area contributed by atoms with E-state index in [0.717, 1.165) is 5.56 Å². The molecule has 0 spiro atoms. The van der Waals surface area contributed by atoms with Gasteiger partial charge in [0.2, 0.25) is 5.96 Å². The van der Waals surface area contributed by atoms with Crippen LogP contribution in [0.3, 0.4) is 0 Å². The average molecular weight is 307 g/mol. The smallest absolute Gasteiger partial charge is 0.214 e. The normalized spacial score (nSPS) is 11.8. The molecule has 2 aromatic rings. The quantitative estimate of drug-likeness (QED) is 0.517. The first-order valence-electron chi connectivity index (χ1n) is 5.78. The Morgan fingerprint density at radius 2 is 1.50 bits per heavy atom. The van der Waals surface area contributed by atoms with Crippen molar-refractivity contribution in [1.82, 2.24) is 5.43 Å². The van der Waals surface area contributed by atoms with Gasteiger partial charge in [-0.25, -0.2) is 10.4 Å². The summed E-state index contributed by atoms with van der Waals surface area (Å²) in [6.45, 7) is 0. The third-order valence-corrected chi connectivity index (χ3v) is 2.84. The number of halogens is 2. The number of hydrogen-bond acceptors (Lipinski definition) is 2. The number of guanidine groups is 1. The van der Waals surface area contributed by atoms with Gasteiger partial charge in [0.1, 0.15) is 0 Å². The first-order valence-corrected chi connectivity index (χ1v) is 6.53. The maximum absolute atomic E-state index is 5.79. The molecule has 0 fully saturated rings. The molecule has 6 heteroatoms. The summed E-state index contributed by atoms with van der Waals surface area (Å²) >= 11 is 11.6. The summed E-state index contributed by atoms with van der Waals surface area (Å²) in [7, 11) is 0. The summed E-state index contributed by atoms with van der Waals surface area (Å²) in [6, 6.07) is 14.3. The van der Waals surface area contributed by atoms with Crippen molar-refractivity contribution < 1.29 is 0 Å². The first-order chi connectivity index (χ1) is 9.63. The van der Waals surface area contributed by atoms with Crippen molar-refractivity contribution in [1.29, 1.82) is 0 Å². The molecule has 0 aromatic heterocycles. The number of nitrogens with two attached hydrogens (primary N) is 1. The topological polar surface area (TPSA) is 62.8 Å². The van der Waals surface area contributed by atoms with Crippen LogP contribution in [-0.2, 0) is 0 Å². The molecule has 2 aromatic carbocycles. The second-order valence-corrected chi connectivity index (χ2v) is 4.77. The van der Waals surface area contributed by atoms with Crippen molar-refractivity contribution in [2.45, 2.75) is 0 Å². The SMILES string of the molecule is NC(=Nc1ccc(Cl)cc1)N/N=C/c1ccc(Cl)cc1. The zero-order chi connectivity index (χ0) is 14.4. The lowest BCUT2D eigenvalue weighted by atomic mass is 10.2. The van der Waals surface area contributed by atoms with Crippen LogP contribution < -0.4 is 11.2 Å². The first kappa shape index (κ1) is 14.4. The molecule has 3 N–H and O–H groups in total. The molecule has 0 heterocycles. The lowest BCUT2D eigenvalue weighted by Crippen LogP contribution is -2.26. The number of hydrogen-bond donors (Lipinski definition) is 2. The molecule has 0 aliphatic heterocycles. The largest absolute Gasteiger partial charge is 0.368 e. The van der Waals surface area contributed by atoms with Crippen LogP contribution in [0.1, 0.15) is 5.56 Å².